The van der Waals surface area contributed by atoms with Gasteiger partial charge in [0.15, 0.2) is 0 Å². The number of ether oxygens (including phenoxy) is 1. The molecule has 2 N–H and O–H groups in total. The first-order valence-electron chi connectivity index (χ1n) is 8.57. The van der Waals surface area contributed by atoms with Crippen molar-refractivity contribution in [2.45, 2.75) is 24.8 Å². The summed E-state index contributed by atoms with van der Waals surface area (Å²) in [6.07, 6.45) is 0.214. The van der Waals surface area contributed by atoms with Crippen molar-refractivity contribution in [1.82, 2.24) is 5.32 Å². The molecule has 3 rings (SSSR count). The fourth-order valence-electron chi connectivity index (χ4n) is 3.34. The molecule has 136 valence electrons. The largest absolute Gasteiger partial charge is 0.480 e. The predicted molar refractivity (Wildman–Crippen MR) is 103 cm³/mol. The summed E-state index contributed by atoms with van der Waals surface area (Å²) in [6, 6.07) is 15.2. The van der Waals surface area contributed by atoms with Crippen LogP contribution in [0, 0.1) is 0 Å². The molecular formula is C20H21NO4S. The molecule has 5 nitrogen and oxygen atoms in total. The lowest BCUT2D eigenvalue weighted by Crippen LogP contribution is -2.41. The average Bonchev–Trinajstić information content (AvgIpc) is 2.97. The molecule has 0 heterocycles. The number of carbonyl (C=O) groups is 2. The van der Waals surface area contributed by atoms with Crippen LogP contribution in [-0.4, -0.2) is 35.6 Å². The lowest BCUT2D eigenvalue weighted by Gasteiger charge is -2.17. The number of nitrogens with one attached hydrogen (secondary N) is 1. The van der Waals surface area contributed by atoms with Crippen molar-refractivity contribution >= 4 is 24.7 Å². The highest BCUT2D eigenvalue weighted by Crippen LogP contribution is 2.44. The van der Waals surface area contributed by atoms with Crippen LogP contribution >= 0.6 is 12.6 Å². The minimum Gasteiger partial charge on any atom is -0.480 e. The van der Waals surface area contributed by atoms with Gasteiger partial charge < -0.3 is 15.2 Å². The second-order valence-corrected chi connectivity index (χ2v) is 6.67. The Morgan fingerprint density at radius 1 is 1.08 bits per heavy atom. The number of benzene rings is 2. The molecule has 26 heavy (non-hydrogen) atoms. The third-order valence-corrected chi connectivity index (χ3v) is 4.90. The van der Waals surface area contributed by atoms with Crippen LogP contribution in [0.4, 0.5) is 4.79 Å². The van der Waals surface area contributed by atoms with E-state index in [2.05, 4.69) is 30.1 Å². The first-order valence-corrected chi connectivity index (χ1v) is 9.20. The van der Waals surface area contributed by atoms with Crippen molar-refractivity contribution in [3.8, 4) is 11.1 Å². The predicted octanol–water partition coefficient (Wildman–Crippen LogP) is 3.69. The summed E-state index contributed by atoms with van der Waals surface area (Å²) in [5, 5.41) is 11.6. The minimum absolute atomic E-state index is 0.0473. The fourth-order valence-corrected chi connectivity index (χ4v) is 3.52. The van der Waals surface area contributed by atoms with Gasteiger partial charge >= 0.3 is 12.1 Å². The van der Waals surface area contributed by atoms with Crippen LogP contribution in [0.5, 0.6) is 0 Å². The highest BCUT2D eigenvalue weighted by molar-refractivity contribution is 7.80. The number of aliphatic carboxylic acids is 1. The first kappa shape index (κ1) is 18.3. The van der Waals surface area contributed by atoms with Gasteiger partial charge in [-0.1, -0.05) is 48.5 Å². The standard InChI is InChI=1S/C20H21NO4S/c22-19(23)18(10-5-11-26)21-20(24)25-12-17-15-8-3-1-6-13(15)14-7-2-4-9-16(14)17/h1-4,6-9,17-18,26H,5,10-12H2,(H,21,24)(H,22,23). The van der Waals surface area contributed by atoms with Gasteiger partial charge in [0.25, 0.3) is 0 Å². The van der Waals surface area contributed by atoms with Crippen molar-refractivity contribution in [2.75, 3.05) is 12.4 Å². The van der Waals surface area contributed by atoms with Gasteiger partial charge in [0, 0.05) is 5.92 Å². The van der Waals surface area contributed by atoms with E-state index in [0.717, 1.165) is 22.3 Å². The van der Waals surface area contributed by atoms with Gasteiger partial charge in [0.1, 0.15) is 12.6 Å². The summed E-state index contributed by atoms with van der Waals surface area (Å²) in [4.78, 5) is 23.3. The first-order chi connectivity index (χ1) is 12.6. The van der Waals surface area contributed by atoms with Crippen molar-refractivity contribution < 1.29 is 19.4 Å². The number of amides is 1. The summed E-state index contributed by atoms with van der Waals surface area (Å²) in [6.45, 7) is 0.165. The minimum atomic E-state index is -1.07. The summed E-state index contributed by atoms with van der Waals surface area (Å²) >= 11 is 4.07. The molecule has 1 aliphatic carbocycles. The molecule has 6 heteroatoms. The molecule has 0 radical (unpaired) electrons. The smallest absolute Gasteiger partial charge is 0.407 e. The monoisotopic (exact) mass is 371 g/mol. The lowest BCUT2D eigenvalue weighted by atomic mass is 9.98. The molecule has 1 aliphatic rings. The van der Waals surface area contributed by atoms with E-state index >= 15 is 0 Å². The molecule has 0 saturated heterocycles. The van der Waals surface area contributed by atoms with Gasteiger partial charge in [0.2, 0.25) is 0 Å². The molecular weight excluding hydrogens is 350 g/mol. The number of rotatable bonds is 7. The van der Waals surface area contributed by atoms with Crippen LogP contribution in [-0.2, 0) is 9.53 Å². The number of hydrogen-bond donors (Lipinski definition) is 3. The number of carbonyl (C=O) groups excluding carboxylic acids is 1. The Hall–Kier alpha value is -2.47. The molecule has 1 amide bonds. The number of thiol groups is 1. The van der Waals surface area contributed by atoms with Gasteiger partial charge in [-0.2, -0.15) is 12.6 Å². The van der Waals surface area contributed by atoms with Crippen LogP contribution in [0.25, 0.3) is 11.1 Å². The van der Waals surface area contributed by atoms with E-state index in [1.807, 2.05) is 36.4 Å². The highest BCUT2D eigenvalue weighted by atomic mass is 32.1. The van der Waals surface area contributed by atoms with Crippen molar-refractivity contribution in [3.05, 3.63) is 59.7 Å². The van der Waals surface area contributed by atoms with E-state index in [9.17, 15) is 14.7 Å². The van der Waals surface area contributed by atoms with Crippen LogP contribution < -0.4 is 5.32 Å². The number of alkyl carbamates (subject to hydrolysis) is 1. The van der Waals surface area contributed by atoms with Gasteiger partial charge in [-0.3, -0.25) is 0 Å². The van der Waals surface area contributed by atoms with Gasteiger partial charge in [0.05, 0.1) is 0 Å². The molecule has 1 unspecified atom stereocenters. The van der Waals surface area contributed by atoms with Gasteiger partial charge in [-0.25, -0.2) is 9.59 Å². The summed E-state index contributed by atoms with van der Waals surface area (Å²) in [5.41, 5.74) is 4.53. The second kappa shape index (κ2) is 8.27. The van der Waals surface area contributed by atoms with Crippen LogP contribution in [0.2, 0.25) is 0 Å². The van der Waals surface area contributed by atoms with Gasteiger partial charge in [-0.15, -0.1) is 0 Å². The van der Waals surface area contributed by atoms with E-state index in [-0.39, 0.29) is 12.5 Å². The molecule has 2 aromatic carbocycles. The highest BCUT2D eigenvalue weighted by Gasteiger charge is 2.29. The van der Waals surface area contributed by atoms with E-state index in [4.69, 9.17) is 4.74 Å². The number of fused-ring (bicyclic) bond motifs is 3. The van der Waals surface area contributed by atoms with E-state index in [0.29, 0.717) is 18.6 Å². The zero-order chi connectivity index (χ0) is 18.5. The lowest BCUT2D eigenvalue weighted by molar-refractivity contribution is -0.139. The maximum Gasteiger partial charge on any atom is 0.407 e. The van der Waals surface area contributed by atoms with Crippen molar-refractivity contribution in [3.63, 3.8) is 0 Å². The molecule has 0 aromatic heterocycles. The fraction of sp³-hybridized carbons (Fsp3) is 0.300. The SMILES string of the molecule is O=C(NC(CCCS)C(=O)O)OCC1c2ccccc2-c2ccccc21. The maximum absolute atomic E-state index is 12.1. The third-order valence-electron chi connectivity index (χ3n) is 4.58. The number of carboxylic acids is 1. The molecule has 0 fully saturated rings. The normalized spacial score (nSPS) is 13.6. The Kier molecular flexibility index (Phi) is 5.83. The molecule has 1 atom stereocenters. The Balaban J connectivity index is 1.68. The molecule has 0 bridgehead atoms. The summed E-state index contributed by atoms with van der Waals surface area (Å²) in [7, 11) is 0. The van der Waals surface area contributed by atoms with Crippen LogP contribution in [0.3, 0.4) is 0 Å². The van der Waals surface area contributed by atoms with Gasteiger partial charge in [-0.05, 0) is 40.8 Å². The Morgan fingerprint density at radius 2 is 1.65 bits per heavy atom. The summed E-state index contributed by atoms with van der Waals surface area (Å²) in [5.74, 6) is -0.551. The van der Waals surface area contributed by atoms with Crippen molar-refractivity contribution in [1.29, 1.82) is 0 Å². The summed E-state index contributed by atoms with van der Waals surface area (Å²) < 4.78 is 5.37. The molecule has 2 aromatic rings. The average molecular weight is 371 g/mol. The Morgan fingerprint density at radius 3 is 2.19 bits per heavy atom. The zero-order valence-electron chi connectivity index (χ0n) is 14.2. The molecule has 0 spiro atoms. The Labute approximate surface area is 157 Å². The Bertz CT molecular complexity index is 762. The molecule has 0 aliphatic heterocycles. The topological polar surface area (TPSA) is 75.6 Å². The van der Waals surface area contributed by atoms with E-state index in [1.54, 1.807) is 0 Å². The van der Waals surface area contributed by atoms with Crippen LogP contribution in [0.1, 0.15) is 29.9 Å². The van der Waals surface area contributed by atoms with E-state index in [1.165, 1.54) is 0 Å². The third kappa shape index (κ3) is 3.85. The molecule has 0 saturated carbocycles. The zero-order valence-corrected chi connectivity index (χ0v) is 15.1. The van der Waals surface area contributed by atoms with E-state index < -0.39 is 18.1 Å². The van der Waals surface area contributed by atoms with Crippen molar-refractivity contribution in [2.24, 2.45) is 0 Å². The number of hydrogen-bond acceptors (Lipinski definition) is 4. The second-order valence-electron chi connectivity index (χ2n) is 6.23. The quantitative estimate of drug-likeness (QED) is 0.649. The van der Waals surface area contributed by atoms with Crippen LogP contribution in [0.15, 0.2) is 48.5 Å². The maximum atomic E-state index is 12.1. The number of carboxylic acid groups (broad SMARTS) is 1.